The van der Waals surface area contributed by atoms with Crippen LogP contribution in [0.15, 0.2) is 15.8 Å². The average molecular weight is 244 g/mol. The van der Waals surface area contributed by atoms with Crippen LogP contribution in [-0.2, 0) is 4.74 Å². The Kier molecular flexibility index (Phi) is 3.12. The average Bonchev–Trinajstić information content (AvgIpc) is 2.57. The quantitative estimate of drug-likeness (QED) is 0.660. The lowest BCUT2D eigenvalue weighted by Crippen LogP contribution is -2.30. The zero-order chi connectivity index (χ0) is 12.6. The molecule has 2 rings (SSSR count). The first-order valence-electron chi connectivity index (χ1n) is 5.34. The lowest BCUT2D eigenvalue weighted by atomic mass is 10.0. The van der Waals surface area contributed by atoms with Crippen LogP contribution in [0.5, 0.6) is 0 Å². The first-order chi connectivity index (χ1) is 8.04. The Balaban J connectivity index is 2.35. The number of rotatable bonds is 2. The van der Waals surface area contributed by atoms with Crippen molar-refractivity contribution in [2.45, 2.75) is 37.8 Å². The van der Waals surface area contributed by atoms with E-state index in [9.17, 15) is 19.1 Å². The molecule has 1 aromatic heterocycles. The van der Waals surface area contributed by atoms with Crippen LogP contribution in [0.4, 0.5) is 4.39 Å². The largest absolute Gasteiger partial charge is 0.387 e. The number of ether oxygens (including phenoxy) is 1. The third-order valence-electron chi connectivity index (χ3n) is 2.87. The lowest BCUT2D eigenvalue weighted by Gasteiger charge is -2.11. The second-order valence-corrected chi connectivity index (χ2v) is 3.97. The van der Waals surface area contributed by atoms with Crippen LogP contribution in [0.1, 0.15) is 25.0 Å². The number of aromatic amines is 2. The number of aliphatic hydroxyl groups excluding tert-OH is 1. The Bertz CT molecular complexity index is 512. The third kappa shape index (κ3) is 2.03. The molecule has 0 amide bonds. The highest BCUT2D eigenvalue weighted by Gasteiger charge is 2.44. The molecule has 7 heteroatoms. The van der Waals surface area contributed by atoms with E-state index in [0.717, 1.165) is 6.20 Å². The highest BCUT2D eigenvalue weighted by Crippen LogP contribution is 2.34. The van der Waals surface area contributed by atoms with Crippen molar-refractivity contribution < 1.29 is 14.2 Å². The van der Waals surface area contributed by atoms with E-state index in [4.69, 9.17) is 4.74 Å². The van der Waals surface area contributed by atoms with Gasteiger partial charge in [-0.25, -0.2) is 9.18 Å². The minimum atomic E-state index is -1.67. The summed E-state index contributed by atoms with van der Waals surface area (Å²) in [6.07, 6.45) is -3.15. The topological polar surface area (TPSA) is 95.2 Å². The van der Waals surface area contributed by atoms with E-state index < -0.39 is 35.7 Å². The predicted octanol–water partition coefficient (Wildman–Crippen LogP) is -0.388. The summed E-state index contributed by atoms with van der Waals surface area (Å²) in [7, 11) is 0. The molecule has 6 nitrogen and oxygen atoms in total. The van der Waals surface area contributed by atoms with Gasteiger partial charge in [-0.3, -0.25) is 9.78 Å². The molecular formula is C10H13FN2O4. The fraction of sp³-hybridized carbons (Fsp3) is 0.600. The van der Waals surface area contributed by atoms with Gasteiger partial charge in [-0.2, -0.15) is 0 Å². The van der Waals surface area contributed by atoms with Crippen LogP contribution in [0.3, 0.4) is 0 Å². The molecule has 1 unspecified atom stereocenters. The van der Waals surface area contributed by atoms with E-state index in [-0.39, 0.29) is 5.56 Å². The fourth-order valence-corrected chi connectivity index (χ4v) is 1.94. The van der Waals surface area contributed by atoms with Gasteiger partial charge >= 0.3 is 5.69 Å². The standard InChI is InChI=1S/C10H13FN2O4/c1-2-5-7(14)6(11)8(17-5)4-3-12-10(16)13-9(4)15/h3,5-8,14H,2H2,1H3,(H2,12,13,15,16)/t5-,6?,7+,8+/m1/s1. The summed E-state index contributed by atoms with van der Waals surface area (Å²) >= 11 is 0. The van der Waals surface area contributed by atoms with Crippen LogP contribution < -0.4 is 11.2 Å². The Labute approximate surface area is 95.5 Å². The molecule has 0 saturated carbocycles. The molecule has 1 fully saturated rings. The van der Waals surface area contributed by atoms with Gasteiger partial charge in [0.2, 0.25) is 0 Å². The van der Waals surface area contributed by atoms with E-state index in [2.05, 4.69) is 4.98 Å². The number of alkyl halides is 1. The number of aliphatic hydroxyl groups is 1. The molecule has 1 aromatic rings. The predicted molar refractivity (Wildman–Crippen MR) is 56.5 cm³/mol. The van der Waals surface area contributed by atoms with Crippen molar-refractivity contribution in [1.29, 1.82) is 0 Å². The van der Waals surface area contributed by atoms with Crippen molar-refractivity contribution in [3.8, 4) is 0 Å². The number of nitrogens with one attached hydrogen (secondary N) is 2. The van der Waals surface area contributed by atoms with Crippen LogP contribution >= 0.6 is 0 Å². The number of hydrogen-bond acceptors (Lipinski definition) is 4. The maximum absolute atomic E-state index is 13.8. The Morgan fingerprint density at radius 3 is 2.76 bits per heavy atom. The number of H-pyrrole nitrogens is 2. The van der Waals surface area contributed by atoms with E-state index >= 15 is 0 Å². The van der Waals surface area contributed by atoms with Crippen molar-refractivity contribution in [1.82, 2.24) is 9.97 Å². The van der Waals surface area contributed by atoms with Gasteiger partial charge in [0.25, 0.3) is 5.56 Å². The number of aromatic nitrogens is 2. The Morgan fingerprint density at radius 2 is 2.24 bits per heavy atom. The van der Waals surface area contributed by atoms with Gasteiger partial charge in [0.1, 0.15) is 12.2 Å². The molecule has 1 aliphatic heterocycles. The van der Waals surface area contributed by atoms with Crippen molar-refractivity contribution in [2.75, 3.05) is 0 Å². The molecule has 0 aliphatic carbocycles. The van der Waals surface area contributed by atoms with Crippen LogP contribution in [0, 0.1) is 0 Å². The maximum Gasteiger partial charge on any atom is 0.325 e. The number of halogens is 1. The van der Waals surface area contributed by atoms with Crippen molar-refractivity contribution in [3.05, 3.63) is 32.6 Å². The van der Waals surface area contributed by atoms with Gasteiger partial charge in [-0.05, 0) is 6.42 Å². The molecule has 0 aromatic carbocycles. The first-order valence-corrected chi connectivity index (χ1v) is 5.34. The monoisotopic (exact) mass is 244 g/mol. The summed E-state index contributed by atoms with van der Waals surface area (Å²) in [5.74, 6) is 0. The Hall–Kier alpha value is -1.47. The minimum Gasteiger partial charge on any atom is -0.387 e. The highest BCUT2D eigenvalue weighted by atomic mass is 19.1. The number of hydrogen-bond donors (Lipinski definition) is 3. The minimum absolute atomic E-state index is 0.0212. The highest BCUT2D eigenvalue weighted by molar-refractivity contribution is 5.13. The van der Waals surface area contributed by atoms with Crippen LogP contribution in [-0.4, -0.2) is 33.5 Å². The van der Waals surface area contributed by atoms with Crippen LogP contribution in [0.2, 0.25) is 0 Å². The molecule has 4 atom stereocenters. The summed E-state index contributed by atoms with van der Waals surface area (Å²) in [5.41, 5.74) is -1.39. The van der Waals surface area contributed by atoms with Gasteiger partial charge in [0.15, 0.2) is 6.17 Å². The SMILES string of the molecule is CC[C@H]1O[C@@H](c2c[nH]c(=O)[nH]c2=O)C(F)[C@H]1O. The van der Waals surface area contributed by atoms with E-state index in [0.29, 0.717) is 6.42 Å². The molecule has 0 radical (unpaired) electrons. The van der Waals surface area contributed by atoms with Crippen molar-refractivity contribution in [2.24, 2.45) is 0 Å². The van der Waals surface area contributed by atoms with Gasteiger partial charge in [0.05, 0.1) is 11.7 Å². The van der Waals surface area contributed by atoms with Gasteiger partial charge in [-0.1, -0.05) is 6.92 Å². The zero-order valence-electron chi connectivity index (χ0n) is 9.14. The summed E-state index contributed by atoms with van der Waals surface area (Å²) in [4.78, 5) is 26.5. The molecule has 2 heterocycles. The molecule has 0 bridgehead atoms. The summed E-state index contributed by atoms with van der Waals surface area (Å²) < 4.78 is 19.0. The summed E-state index contributed by atoms with van der Waals surface area (Å²) in [6.45, 7) is 1.75. The van der Waals surface area contributed by atoms with Crippen molar-refractivity contribution in [3.63, 3.8) is 0 Å². The zero-order valence-corrected chi connectivity index (χ0v) is 9.14. The molecule has 1 saturated heterocycles. The van der Waals surface area contributed by atoms with E-state index in [1.807, 2.05) is 4.98 Å². The maximum atomic E-state index is 13.8. The second-order valence-electron chi connectivity index (χ2n) is 3.97. The normalized spacial score (nSPS) is 32.9. The van der Waals surface area contributed by atoms with Gasteiger partial charge in [-0.15, -0.1) is 0 Å². The molecular weight excluding hydrogens is 231 g/mol. The smallest absolute Gasteiger partial charge is 0.325 e. The fourth-order valence-electron chi connectivity index (χ4n) is 1.94. The third-order valence-corrected chi connectivity index (χ3v) is 2.87. The van der Waals surface area contributed by atoms with E-state index in [1.165, 1.54) is 0 Å². The van der Waals surface area contributed by atoms with Gasteiger partial charge < -0.3 is 14.8 Å². The molecule has 0 spiro atoms. The van der Waals surface area contributed by atoms with E-state index in [1.54, 1.807) is 6.92 Å². The summed E-state index contributed by atoms with van der Waals surface area (Å²) in [6, 6.07) is 0. The summed E-state index contributed by atoms with van der Waals surface area (Å²) in [5, 5.41) is 9.55. The molecule has 17 heavy (non-hydrogen) atoms. The molecule has 1 aliphatic rings. The van der Waals surface area contributed by atoms with Crippen molar-refractivity contribution >= 4 is 0 Å². The second kappa shape index (κ2) is 4.42. The Morgan fingerprint density at radius 1 is 1.53 bits per heavy atom. The molecule has 3 N–H and O–H groups in total. The lowest BCUT2D eigenvalue weighted by molar-refractivity contribution is 0.00680. The van der Waals surface area contributed by atoms with Crippen LogP contribution in [0.25, 0.3) is 0 Å². The van der Waals surface area contributed by atoms with Gasteiger partial charge in [0, 0.05) is 6.20 Å². The first kappa shape index (κ1) is 12.0. The molecule has 94 valence electrons.